The van der Waals surface area contributed by atoms with E-state index in [0.29, 0.717) is 12.5 Å². The largest absolute Gasteiger partial charge is 0.473 e. The number of hydrogen-bond acceptors (Lipinski definition) is 3. The first-order valence-corrected chi connectivity index (χ1v) is 6.58. The van der Waals surface area contributed by atoms with Gasteiger partial charge in [-0.05, 0) is 34.2 Å². The lowest BCUT2D eigenvalue weighted by molar-refractivity contribution is 0.295. The molecule has 0 aliphatic heterocycles. The second kappa shape index (κ2) is 4.93. The fourth-order valence-electron chi connectivity index (χ4n) is 1.66. The van der Waals surface area contributed by atoms with Crippen molar-refractivity contribution in [2.45, 2.75) is 6.61 Å². The van der Waals surface area contributed by atoms with Crippen molar-refractivity contribution in [3.63, 3.8) is 0 Å². The van der Waals surface area contributed by atoms with E-state index < -0.39 is 0 Å². The van der Waals surface area contributed by atoms with Crippen LogP contribution in [0.4, 0.5) is 0 Å². The summed E-state index contributed by atoms with van der Waals surface area (Å²) >= 11 is 2.17. The number of aromatic nitrogens is 3. The number of aromatic amines is 1. The second-order valence-corrected chi connectivity index (χ2v) is 4.91. The monoisotopic (exact) mass is 351 g/mol. The number of nitrogens with one attached hydrogen (secondary N) is 1. The van der Waals surface area contributed by atoms with Gasteiger partial charge in [-0.1, -0.05) is 30.3 Å². The highest BCUT2D eigenvalue weighted by Gasteiger charge is 2.05. The molecule has 0 amide bonds. The molecule has 1 N–H and O–H groups in total. The zero-order valence-corrected chi connectivity index (χ0v) is 11.6. The summed E-state index contributed by atoms with van der Waals surface area (Å²) < 4.78 is 6.59. The summed E-state index contributed by atoms with van der Waals surface area (Å²) in [7, 11) is 0. The van der Waals surface area contributed by atoms with Crippen LogP contribution in [0.1, 0.15) is 5.56 Å². The molecular formula is C13H10IN3O. The van der Waals surface area contributed by atoms with Gasteiger partial charge in [0.1, 0.15) is 21.3 Å². The van der Waals surface area contributed by atoms with E-state index in [1.54, 1.807) is 0 Å². The maximum absolute atomic E-state index is 5.67. The van der Waals surface area contributed by atoms with Gasteiger partial charge in [-0.15, -0.1) is 0 Å². The van der Waals surface area contributed by atoms with E-state index in [-0.39, 0.29) is 0 Å². The highest BCUT2D eigenvalue weighted by molar-refractivity contribution is 14.1. The Labute approximate surface area is 118 Å². The molecule has 3 rings (SSSR count). The SMILES string of the molecule is Ic1[nH]nc2ccc(OCc3ccccc3)nc12. The zero-order chi connectivity index (χ0) is 12.4. The van der Waals surface area contributed by atoms with Crippen LogP contribution in [0, 0.1) is 3.70 Å². The summed E-state index contributed by atoms with van der Waals surface area (Å²) in [6.45, 7) is 0.522. The van der Waals surface area contributed by atoms with Crippen molar-refractivity contribution in [2.24, 2.45) is 0 Å². The summed E-state index contributed by atoms with van der Waals surface area (Å²) in [5, 5.41) is 7.02. The number of fused-ring (bicyclic) bond motifs is 1. The Morgan fingerprint density at radius 3 is 2.78 bits per heavy atom. The molecule has 0 aliphatic rings. The highest BCUT2D eigenvalue weighted by atomic mass is 127. The number of rotatable bonds is 3. The maximum Gasteiger partial charge on any atom is 0.214 e. The molecule has 0 unspecified atom stereocenters. The van der Waals surface area contributed by atoms with E-state index in [1.165, 1.54) is 0 Å². The molecule has 0 spiro atoms. The summed E-state index contributed by atoms with van der Waals surface area (Å²) in [5.41, 5.74) is 2.83. The third kappa shape index (κ3) is 2.31. The molecule has 0 saturated carbocycles. The van der Waals surface area contributed by atoms with E-state index >= 15 is 0 Å². The van der Waals surface area contributed by atoms with Crippen molar-refractivity contribution in [1.82, 2.24) is 15.2 Å². The lowest BCUT2D eigenvalue weighted by atomic mass is 10.2. The molecule has 18 heavy (non-hydrogen) atoms. The number of pyridine rings is 1. The van der Waals surface area contributed by atoms with Crippen molar-refractivity contribution in [3.05, 3.63) is 51.7 Å². The first-order chi connectivity index (χ1) is 8.83. The molecular weight excluding hydrogens is 341 g/mol. The fraction of sp³-hybridized carbons (Fsp3) is 0.0769. The lowest BCUT2D eigenvalue weighted by Crippen LogP contribution is -1.96. The van der Waals surface area contributed by atoms with Gasteiger partial charge in [0, 0.05) is 6.07 Å². The quantitative estimate of drug-likeness (QED) is 0.738. The zero-order valence-electron chi connectivity index (χ0n) is 9.43. The van der Waals surface area contributed by atoms with E-state index in [0.717, 1.165) is 20.3 Å². The molecule has 3 aromatic rings. The van der Waals surface area contributed by atoms with Crippen molar-refractivity contribution in [2.75, 3.05) is 0 Å². The number of halogens is 1. The first-order valence-electron chi connectivity index (χ1n) is 5.50. The summed E-state index contributed by atoms with van der Waals surface area (Å²) in [4.78, 5) is 4.43. The van der Waals surface area contributed by atoms with E-state index in [9.17, 15) is 0 Å². The molecule has 1 aromatic carbocycles. The van der Waals surface area contributed by atoms with Crippen LogP contribution >= 0.6 is 22.6 Å². The Hall–Kier alpha value is -1.63. The van der Waals surface area contributed by atoms with Crippen LogP contribution in [-0.4, -0.2) is 15.2 Å². The normalized spacial score (nSPS) is 10.7. The van der Waals surface area contributed by atoms with E-state index in [2.05, 4.69) is 37.8 Å². The van der Waals surface area contributed by atoms with Gasteiger partial charge in [0.05, 0.1) is 0 Å². The molecule has 0 atom stereocenters. The smallest absolute Gasteiger partial charge is 0.214 e. The molecule has 4 nitrogen and oxygen atoms in total. The molecule has 5 heteroatoms. The number of ether oxygens (including phenoxy) is 1. The molecule has 0 radical (unpaired) electrons. The number of benzene rings is 1. The number of nitrogens with zero attached hydrogens (tertiary/aromatic N) is 2. The Balaban J connectivity index is 1.80. The van der Waals surface area contributed by atoms with Crippen LogP contribution in [0.3, 0.4) is 0 Å². The molecule has 0 saturated heterocycles. The molecule has 0 bridgehead atoms. The maximum atomic E-state index is 5.67. The third-order valence-corrected chi connectivity index (χ3v) is 3.31. The van der Waals surface area contributed by atoms with Gasteiger partial charge in [0.25, 0.3) is 0 Å². The van der Waals surface area contributed by atoms with E-state index in [1.807, 2.05) is 42.5 Å². The standard InChI is InChI=1S/C13H10IN3O/c14-13-12-10(16-17-13)6-7-11(15-12)18-8-9-4-2-1-3-5-9/h1-7H,8H2,(H,16,17). The first kappa shape index (κ1) is 11.5. The van der Waals surface area contributed by atoms with Gasteiger partial charge >= 0.3 is 0 Å². The van der Waals surface area contributed by atoms with Crippen LogP contribution in [0.25, 0.3) is 11.0 Å². The number of hydrogen-bond donors (Lipinski definition) is 1. The van der Waals surface area contributed by atoms with Gasteiger partial charge in [-0.2, -0.15) is 5.10 Å². The van der Waals surface area contributed by atoms with Crippen molar-refractivity contribution in [3.8, 4) is 5.88 Å². The van der Waals surface area contributed by atoms with Gasteiger partial charge in [-0.25, -0.2) is 4.98 Å². The van der Waals surface area contributed by atoms with Crippen LogP contribution < -0.4 is 4.74 Å². The topological polar surface area (TPSA) is 50.8 Å². The van der Waals surface area contributed by atoms with Crippen molar-refractivity contribution >= 4 is 33.6 Å². The Morgan fingerprint density at radius 2 is 1.94 bits per heavy atom. The Morgan fingerprint density at radius 1 is 1.11 bits per heavy atom. The lowest BCUT2D eigenvalue weighted by Gasteiger charge is -2.04. The molecule has 0 fully saturated rings. The molecule has 0 aliphatic carbocycles. The summed E-state index contributed by atoms with van der Waals surface area (Å²) in [5.74, 6) is 0.616. The summed E-state index contributed by atoms with van der Waals surface area (Å²) in [6.07, 6.45) is 0. The molecule has 90 valence electrons. The van der Waals surface area contributed by atoms with Gasteiger partial charge in [0.2, 0.25) is 5.88 Å². The van der Waals surface area contributed by atoms with Gasteiger partial charge in [0.15, 0.2) is 0 Å². The van der Waals surface area contributed by atoms with Gasteiger partial charge in [-0.3, -0.25) is 5.10 Å². The average Bonchev–Trinajstić information content (AvgIpc) is 2.79. The van der Waals surface area contributed by atoms with Crippen LogP contribution in [0.5, 0.6) is 5.88 Å². The van der Waals surface area contributed by atoms with E-state index in [4.69, 9.17) is 4.74 Å². The predicted octanol–water partition coefficient (Wildman–Crippen LogP) is 3.14. The van der Waals surface area contributed by atoms with Crippen LogP contribution in [0.2, 0.25) is 0 Å². The highest BCUT2D eigenvalue weighted by Crippen LogP contribution is 2.19. The Kier molecular flexibility index (Phi) is 3.14. The average molecular weight is 351 g/mol. The minimum atomic E-state index is 0.522. The number of H-pyrrole nitrogens is 1. The van der Waals surface area contributed by atoms with Crippen LogP contribution in [0.15, 0.2) is 42.5 Å². The Bertz CT molecular complexity index is 666. The minimum Gasteiger partial charge on any atom is -0.473 e. The molecule has 2 aromatic heterocycles. The van der Waals surface area contributed by atoms with Gasteiger partial charge < -0.3 is 4.74 Å². The van der Waals surface area contributed by atoms with Crippen molar-refractivity contribution < 1.29 is 4.74 Å². The summed E-state index contributed by atoms with van der Waals surface area (Å²) in [6, 6.07) is 13.8. The predicted molar refractivity (Wildman–Crippen MR) is 77.4 cm³/mol. The van der Waals surface area contributed by atoms with Crippen molar-refractivity contribution in [1.29, 1.82) is 0 Å². The molecule has 2 heterocycles. The fourth-order valence-corrected chi connectivity index (χ4v) is 2.18. The minimum absolute atomic E-state index is 0.522. The second-order valence-electron chi connectivity index (χ2n) is 3.83. The van der Waals surface area contributed by atoms with Crippen LogP contribution in [-0.2, 0) is 6.61 Å². The third-order valence-electron chi connectivity index (χ3n) is 2.56.